The fourth-order valence-electron chi connectivity index (χ4n) is 3.44. The van der Waals surface area contributed by atoms with Crippen molar-refractivity contribution in [3.8, 4) is 22.1 Å². The van der Waals surface area contributed by atoms with E-state index in [4.69, 9.17) is 9.47 Å². The SMILES string of the molecule is CC(=O)c1sc(-c2ccc(OCCCOc3ccc4c(c3)C[CH]C4)cc2)nc1C. The van der Waals surface area contributed by atoms with E-state index in [1.54, 1.807) is 6.92 Å². The monoisotopic (exact) mass is 406 g/mol. The predicted molar refractivity (Wildman–Crippen MR) is 116 cm³/mol. The van der Waals surface area contributed by atoms with Crippen LogP contribution in [0.25, 0.3) is 10.6 Å². The molecular weight excluding hydrogens is 382 g/mol. The van der Waals surface area contributed by atoms with Gasteiger partial charge in [-0.05, 0) is 73.7 Å². The van der Waals surface area contributed by atoms with Crippen LogP contribution in [0.15, 0.2) is 42.5 Å². The molecule has 149 valence electrons. The number of hydrogen-bond donors (Lipinski definition) is 0. The summed E-state index contributed by atoms with van der Waals surface area (Å²) in [5.74, 6) is 1.82. The van der Waals surface area contributed by atoms with Gasteiger partial charge in [0.2, 0.25) is 0 Å². The molecule has 4 rings (SSSR count). The Morgan fingerprint density at radius 3 is 2.41 bits per heavy atom. The molecule has 0 atom stereocenters. The first-order chi connectivity index (χ1) is 14.1. The van der Waals surface area contributed by atoms with Crippen LogP contribution in [0.2, 0.25) is 0 Å². The maximum Gasteiger partial charge on any atom is 0.171 e. The van der Waals surface area contributed by atoms with E-state index in [0.717, 1.165) is 51.9 Å². The van der Waals surface area contributed by atoms with Gasteiger partial charge in [0.1, 0.15) is 16.5 Å². The second-order valence-corrected chi connectivity index (χ2v) is 8.19. The maximum absolute atomic E-state index is 11.6. The molecule has 1 radical (unpaired) electrons. The van der Waals surface area contributed by atoms with Crippen LogP contribution in [0.4, 0.5) is 0 Å². The van der Waals surface area contributed by atoms with E-state index in [9.17, 15) is 4.79 Å². The Balaban J connectivity index is 1.24. The second-order valence-electron chi connectivity index (χ2n) is 7.19. The van der Waals surface area contributed by atoms with Gasteiger partial charge in [-0.1, -0.05) is 6.07 Å². The third kappa shape index (κ3) is 4.67. The summed E-state index contributed by atoms with van der Waals surface area (Å²) in [6.07, 6.45) is 5.23. The highest BCUT2D eigenvalue weighted by Crippen LogP contribution is 2.29. The van der Waals surface area contributed by atoms with Crippen molar-refractivity contribution < 1.29 is 14.3 Å². The Morgan fingerprint density at radius 1 is 1.00 bits per heavy atom. The number of Topliss-reactive ketones (excluding diaryl/α,β-unsaturated/α-hetero) is 1. The number of ketones is 1. The van der Waals surface area contributed by atoms with E-state index >= 15 is 0 Å². The maximum atomic E-state index is 11.6. The summed E-state index contributed by atoms with van der Waals surface area (Å²) >= 11 is 1.44. The van der Waals surface area contributed by atoms with Gasteiger partial charge in [-0.15, -0.1) is 11.3 Å². The number of nitrogens with zero attached hydrogens (tertiary/aromatic N) is 1. The number of fused-ring (bicyclic) bond motifs is 1. The zero-order chi connectivity index (χ0) is 20.2. The molecule has 0 aliphatic heterocycles. The number of carbonyl (C=O) groups is 1. The Hall–Kier alpha value is -2.66. The minimum Gasteiger partial charge on any atom is -0.493 e. The lowest BCUT2D eigenvalue weighted by molar-refractivity contribution is 0.102. The van der Waals surface area contributed by atoms with Crippen molar-refractivity contribution in [1.82, 2.24) is 4.98 Å². The number of aromatic nitrogens is 1. The molecule has 1 aliphatic carbocycles. The molecule has 0 unspecified atom stereocenters. The number of benzene rings is 2. The summed E-state index contributed by atoms with van der Waals surface area (Å²) in [6.45, 7) is 4.68. The zero-order valence-corrected chi connectivity index (χ0v) is 17.6. The lowest BCUT2D eigenvalue weighted by Crippen LogP contribution is -2.05. The van der Waals surface area contributed by atoms with Crippen LogP contribution in [-0.2, 0) is 12.8 Å². The topological polar surface area (TPSA) is 48.4 Å². The molecule has 29 heavy (non-hydrogen) atoms. The third-order valence-electron chi connectivity index (χ3n) is 4.95. The highest BCUT2D eigenvalue weighted by atomic mass is 32.1. The minimum absolute atomic E-state index is 0.0617. The van der Waals surface area contributed by atoms with Crippen molar-refractivity contribution >= 4 is 17.1 Å². The largest absolute Gasteiger partial charge is 0.493 e. The normalized spacial score (nSPS) is 12.6. The summed E-state index contributed by atoms with van der Waals surface area (Å²) in [7, 11) is 0. The number of carbonyl (C=O) groups excluding carboxylic acids is 1. The molecule has 0 bridgehead atoms. The Kier molecular flexibility index (Phi) is 5.95. The van der Waals surface area contributed by atoms with Crippen LogP contribution in [0, 0.1) is 13.3 Å². The summed E-state index contributed by atoms with van der Waals surface area (Å²) in [4.78, 5) is 16.8. The first-order valence-corrected chi connectivity index (χ1v) is 10.7. The van der Waals surface area contributed by atoms with Crippen molar-refractivity contribution in [2.24, 2.45) is 0 Å². The minimum atomic E-state index is 0.0617. The number of ether oxygens (including phenoxy) is 2. The van der Waals surface area contributed by atoms with Crippen molar-refractivity contribution in [2.75, 3.05) is 13.2 Å². The second kappa shape index (κ2) is 8.78. The molecule has 0 saturated carbocycles. The van der Waals surface area contributed by atoms with E-state index in [1.807, 2.05) is 31.2 Å². The highest BCUT2D eigenvalue weighted by molar-refractivity contribution is 7.17. The number of rotatable bonds is 8. The number of aryl methyl sites for hydroxylation is 1. The van der Waals surface area contributed by atoms with Gasteiger partial charge < -0.3 is 9.47 Å². The molecule has 1 heterocycles. The van der Waals surface area contributed by atoms with E-state index in [1.165, 1.54) is 22.5 Å². The fraction of sp³-hybridized carbons (Fsp3) is 0.292. The highest BCUT2D eigenvalue weighted by Gasteiger charge is 2.13. The Bertz CT molecular complexity index is 1010. The molecule has 0 amide bonds. The van der Waals surface area contributed by atoms with E-state index in [-0.39, 0.29) is 5.78 Å². The average Bonchev–Trinajstić information content (AvgIpc) is 3.34. The van der Waals surface area contributed by atoms with Gasteiger partial charge >= 0.3 is 0 Å². The van der Waals surface area contributed by atoms with E-state index in [0.29, 0.717) is 13.2 Å². The number of thiazole rings is 1. The summed E-state index contributed by atoms with van der Waals surface area (Å²) in [5.41, 5.74) is 4.58. The van der Waals surface area contributed by atoms with Crippen LogP contribution in [0.3, 0.4) is 0 Å². The molecule has 0 spiro atoms. The Morgan fingerprint density at radius 2 is 1.69 bits per heavy atom. The summed E-state index contributed by atoms with van der Waals surface area (Å²) in [6, 6.07) is 14.2. The van der Waals surface area contributed by atoms with Gasteiger partial charge in [-0.3, -0.25) is 4.79 Å². The molecule has 1 aliphatic rings. The van der Waals surface area contributed by atoms with Gasteiger partial charge in [0, 0.05) is 18.9 Å². The van der Waals surface area contributed by atoms with Crippen molar-refractivity contribution in [3.63, 3.8) is 0 Å². The Labute approximate surface area is 175 Å². The van der Waals surface area contributed by atoms with E-state index < -0.39 is 0 Å². The standard InChI is InChI=1S/C24H24NO3S/c1-16-23(17(2)26)29-24(25-16)19-8-10-21(11-9-19)27-13-4-14-28-22-12-7-18-5-3-6-20(18)15-22/h3,7-12,15H,4-6,13-14H2,1-2H3. The molecule has 0 fully saturated rings. The lowest BCUT2D eigenvalue weighted by Gasteiger charge is -2.09. The van der Waals surface area contributed by atoms with Crippen LogP contribution in [0.5, 0.6) is 11.5 Å². The van der Waals surface area contributed by atoms with E-state index in [2.05, 4.69) is 29.6 Å². The molecule has 5 heteroatoms. The first-order valence-electron chi connectivity index (χ1n) is 9.88. The van der Waals surface area contributed by atoms with Crippen LogP contribution in [0.1, 0.15) is 39.8 Å². The molecule has 0 N–H and O–H groups in total. The van der Waals surface area contributed by atoms with Crippen molar-refractivity contribution in [2.45, 2.75) is 33.1 Å². The van der Waals surface area contributed by atoms with Crippen molar-refractivity contribution in [3.05, 3.63) is 70.6 Å². The van der Waals surface area contributed by atoms with Crippen LogP contribution in [-0.4, -0.2) is 24.0 Å². The van der Waals surface area contributed by atoms with Crippen LogP contribution >= 0.6 is 11.3 Å². The molecule has 3 aromatic rings. The first kappa shape index (κ1) is 19.6. The molecule has 0 saturated heterocycles. The lowest BCUT2D eigenvalue weighted by atomic mass is 10.1. The molecular formula is C24H24NO3S. The van der Waals surface area contributed by atoms with Gasteiger partial charge in [-0.2, -0.15) is 0 Å². The number of hydrogen-bond acceptors (Lipinski definition) is 5. The van der Waals surface area contributed by atoms with Crippen LogP contribution < -0.4 is 9.47 Å². The quantitative estimate of drug-likeness (QED) is 0.367. The van der Waals surface area contributed by atoms with Gasteiger partial charge in [-0.25, -0.2) is 4.98 Å². The average molecular weight is 407 g/mol. The van der Waals surface area contributed by atoms with Crippen molar-refractivity contribution in [1.29, 1.82) is 0 Å². The molecule has 1 aromatic heterocycles. The third-order valence-corrected chi connectivity index (χ3v) is 6.26. The van der Waals surface area contributed by atoms with Gasteiger partial charge in [0.25, 0.3) is 0 Å². The molecule has 4 nitrogen and oxygen atoms in total. The zero-order valence-electron chi connectivity index (χ0n) is 16.7. The van der Waals surface area contributed by atoms with Gasteiger partial charge in [0.15, 0.2) is 5.78 Å². The molecule has 2 aromatic carbocycles. The van der Waals surface area contributed by atoms with Gasteiger partial charge in [0.05, 0.1) is 23.8 Å². The fourth-order valence-corrected chi connectivity index (χ4v) is 4.41. The predicted octanol–water partition coefficient (Wildman–Crippen LogP) is 5.47. The smallest absolute Gasteiger partial charge is 0.171 e. The summed E-state index contributed by atoms with van der Waals surface area (Å²) < 4.78 is 11.7. The summed E-state index contributed by atoms with van der Waals surface area (Å²) in [5, 5.41) is 0.861.